The number of nitrogens with zero attached hydrogens (tertiary/aromatic N) is 2. The quantitative estimate of drug-likeness (QED) is 0.662. The van der Waals surface area contributed by atoms with Crippen LogP contribution in [0.15, 0.2) is 29.7 Å². The molecule has 5 N–H and O–H groups in total. The SMILES string of the molecule is COc1c(F)cc(F)cc1/C(N)=C/C1=C(N)N(C(=O)OC(C)(C)C)CC2CC(O)CN12. The number of hydrogen-bond donors (Lipinski definition) is 3. The molecular formula is C21H28F2N4O4. The van der Waals surface area contributed by atoms with Gasteiger partial charge in [-0.25, -0.2) is 13.6 Å². The minimum atomic E-state index is -0.899. The molecule has 3 rings (SSSR count). The number of hydrogen-bond acceptors (Lipinski definition) is 7. The van der Waals surface area contributed by atoms with Gasteiger partial charge in [-0.2, -0.15) is 0 Å². The summed E-state index contributed by atoms with van der Waals surface area (Å²) >= 11 is 0. The number of rotatable bonds is 3. The second-order valence-corrected chi connectivity index (χ2v) is 8.63. The lowest BCUT2D eigenvalue weighted by molar-refractivity contribution is 0.0243. The van der Waals surface area contributed by atoms with Gasteiger partial charge in [-0.05, 0) is 39.3 Å². The maximum absolute atomic E-state index is 14.1. The lowest BCUT2D eigenvalue weighted by Gasteiger charge is -2.40. The Balaban J connectivity index is 2.07. The molecular weight excluding hydrogens is 410 g/mol. The Bertz CT molecular complexity index is 942. The summed E-state index contributed by atoms with van der Waals surface area (Å²) in [4.78, 5) is 15.8. The van der Waals surface area contributed by atoms with Crippen molar-refractivity contribution >= 4 is 11.8 Å². The molecule has 1 aromatic rings. The standard InChI is InChI=1S/C21H28F2N4O4/c1-21(2,3)31-20(29)27-9-12-7-13(28)10-26(12)17(19(27)25)8-16(24)14-5-11(22)6-15(23)18(14)30-4/h5-6,8,12-13,28H,7,9-10,24-25H2,1-4H3/b16-8-. The minimum absolute atomic E-state index is 0.00554. The summed E-state index contributed by atoms with van der Waals surface area (Å²) in [6.07, 6.45) is 0.585. The number of fused-ring (bicyclic) bond motifs is 1. The van der Waals surface area contributed by atoms with Crippen LogP contribution in [-0.2, 0) is 4.74 Å². The van der Waals surface area contributed by atoms with Crippen molar-refractivity contribution in [2.75, 3.05) is 20.2 Å². The number of benzene rings is 1. The third kappa shape index (κ3) is 4.68. The van der Waals surface area contributed by atoms with E-state index in [0.717, 1.165) is 6.07 Å². The molecule has 1 fully saturated rings. The normalized spacial score (nSPS) is 22.0. The first kappa shape index (κ1) is 22.7. The van der Waals surface area contributed by atoms with Crippen molar-refractivity contribution in [3.8, 4) is 5.75 Å². The Kier molecular flexibility index (Phi) is 6.04. The smallest absolute Gasteiger partial charge is 0.416 e. The van der Waals surface area contributed by atoms with E-state index in [-0.39, 0.29) is 42.0 Å². The highest BCUT2D eigenvalue weighted by atomic mass is 19.1. The van der Waals surface area contributed by atoms with Gasteiger partial charge in [0.05, 0.1) is 25.5 Å². The Hall–Kier alpha value is -3.01. The van der Waals surface area contributed by atoms with E-state index in [1.54, 1.807) is 20.8 Å². The van der Waals surface area contributed by atoms with Gasteiger partial charge < -0.3 is 30.9 Å². The summed E-state index contributed by atoms with van der Waals surface area (Å²) < 4.78 is 38.4. The first-order valence-corrected chi connectivity index (χ1v) is 9.86. The Morgan fingerprint density at radius 2 is 1.97 bits per heavy atom. The number of allylic oxidation sites excluding steroid dienone is 1. The molecule has 31 heavy (non-hydrogen) atoms. The summed E-state index contributed by atoms with van der Waals surface area (Å²) in [6, 6.07) is 1.52. The van der Waals surface area contributed by atoms with E-state index in [1.807, 2.05) is 4.90 Å². The van der Waals surface area contributed by atoms with Crippen molar-refractivity contribution < 1.29 is 28.2 Å². The van der Waals surface area contributed by atoms with Crippen molar-refractivity contribution in [1.82, 2.24) is 9.80 Å². The molecule has 0 aliphatic carbocycles. The van der Waals surface area contributed by atoms with Gasteiger partial charge in [-0.1, -0.05) is 0 Å². The Labute approximate surface area is 179 Å². The van der Waals surface area contributed by atoms with Crippen LogP contribution in [0.2, 0.25) is 0 Å². The summed E-state index contributed by atoms with van der Waals surface area (Å²) in [7, 11) is 1.25. The zero-order valence-corrected chi connectivity index (χ0v) is 18.0. The first-order chi connectivity index (χ1) is 14.4. The molecule has 0 spiro atoms. The second-order valence-electron chi connectivity index (χ2n) is 8.63. The molecule has 0 aromatic heterocycles. The van der Waals surface area contributed by atoms with Gasteiger partial charge in [0.25, 0.3) is 0 Å². The van der Waals surface area contributed by atoms with Crippen LogP contribution in [-0.4, -0.2) is 58.9 Å². The van der Waals surface area contributed by atoms with Crippen molar-refractivity contribution in [1.29, 1.82) is 0 Å². The van der Waals surface area contributed by atoms with Gasteiger partial charge in [0.1, 0.15) is 17.2 Å². The third-order valence-electron chi connectivity index (χ3n) is 5.08. The maximum Gasteiger partial charge on any atom is 0.416 e. The van der Waals surface area contributed by atoms with Crippen molar-refractivity contribution in [3.05, 3.63) is 46.9 Å². The number of carbonyl (C=O) groups is 1. The van der Waals surface area contributed by atoms with Crippen LogP contribution in [0.5, 0.6) is 5.75 Å². The number of halogens is 2. The van der Waals surface area contributed by atoms with Crippen molar-refractivity contribution in [2.24, 2.45) is 11.5 Å². The summed E-state index contributed by atoms with van der Waals surface area (Å²) in [6.45, 7) is 5.73. The highest BCUT2D eigenvalue weighted by Crippen LogP contribution is 2.34. The van der Waals surface area contributed by atoms with Crippen LogP contribution in [0.25, 0.3) is 5.70 Å². The molecule has 8 nitrogen and oxygen atoms in total. The minimum Gasteiger partial charge on any atom is -0.493 e. The molecule has 2 unspecified atom stereocenters. The van der Waals surface area contributed by atoms with Crippen LogP contribution in [0.1, 0.15) is 32.8 Å². The molecule has 1 aromatic carbocycles. The van der Waals surface area contributed by atoms with Gasteiger partial charge >= 0.3 is 6.09 Å². The van der Waals surface area contributed by atoms with Crippen LogP contribution in [0.4, 0.5) is 13.6 Å². The van der Waals surface area contributed by atoms with E-state index >= 15 is 0 Å². The molecule has 2 aliphatic rings. The van der Waals surface area contributed by atoms with E-state index in [4.69, 9.17) is 20.9 Å². The molecule has 0 bridgehead atoms. The monoisotopic (exact) mass is 438 g/mol. The molecule has 170 valence electrons. The van der Waals surface area contributed by atoms with Crippen LogP contribution in [0.3, 0.4) is 0 Å². The highest BCUT2D eigenvalue weighted by Gasteiger charge is 2.41. The number of aliphatic hydroxyl groups is 1. The molecule has 1 amide bonds. The topological polar surface area (TPSA) is 114 Å². The van der Waals surface area contributed by atoms with Crippen molar-refractivity contribution in [2.45, 2.75) is 44.9 Å². The molecule has 0 radical (unpaired) electrons. The summed E-state index contributed by atoms with van der Waals surface area (Å²) in [5.74, 6) is -1.87. The lowest BCUT2D eigenvalue weighted by Crippen LogP contribution is -2.51. The fourth-order valence-corrected chi connectivity index (χ4v) is 3.81. The van der Waals surface area contributed by atoms with E-state index in [2.05, 4.69) is 0 Å². The largest absolute Gasteiger partial charge is 0.493 e. The number of aliphatic hydroxyl groups excluding tert-OH is 1. The van der Waals surface area contributed by atoms with E-state index in [1.165, 1.54) is 18.1 Å². The summed E-state index contributed by atoms with van der Waals surface area (Å²) in [5.41, 5.74) is 12.1. The van der Waals surface area contributed by atoms with E-state index in [0.29, 0.717) is 18.2 Å². The van der Waals surface area contributed by atoms with E-state index in [9.17, 15) is 18.7 Å². The maximum atomic E-state index is 14.1. The Morgan fingerprint density at radius 1 is 1.29 bits per heavy atom. The van der Waals surface area contributed by atoms with Gasteiger partial charge in [-0.15, -0.1) is 0 Å². The molecule has 0 saturated carbocycles. The zero-order chi connectivity index (χ0) is 23.1. The molecule has 2 aliphatic heterocycles. The van der Waals surface area contributed by atoms with Crippen LogP contribution in [0, 0.1) is 11.6 Å². The predicted molar refractivity (Wildman–Crippen MR) is 110 cm³/mol. The number of methoxy groups -OCH3 is 1. The molecule has 1 saturated heterocycles. The van der Waals surface area contributed by atoms with Crippen LogP contribution < -0.4 is 16.2 Å². The van der Waals surface area contributed by atoms with Gasteiger partial charge in [0.15, 0.2) is 11.6 Å². The Morgan fingerprint density at radius 3 is 2.58 bits per heavy atom. The molecule has 10 heteroatoms. The lowest BCUT2D eigenvalue weighted by atomic mass is 10.1. The number of nitrogens with two attached hydrogens (primary N) is 2. The third-order valence-corrected chi connectivity index (χ3v) is 5.08. The average molecular weight is 438 g/mol. The van der Waals surface area contributed by atoms with Gasteiger partial charge in [0, 0.05) is 29.9 Å². The summed E-state index contributed by atoms with van der Waals surface area (Å²) in [5, 5.41) is 10.2. The molecule has 2 heterocycles. The highest BCUT2D eigenvalue weighted by molar-refractivity contribution is 5.73. The first-order valence-electron chi connectivity index (χ1n) is 9.86. The fourth-order valence-electron chi connectivity index (χ4n) is 3.81. The average Bonchev–Trinajstić information content (AvgIpc) is 3.01. The van der Waals surface area contributed by atoms with Gasteiger partial charge in [-0.3, -0.25) is 4.90 Å². The number of amides is 1. The fraction of sp³-hybridized carbons (Fsp3) is 0.476. The number of ether oxygens (including phenoxy) is 2. The number of carbonyl (C=O) groups excluding carboxylic acids is 1. The van der Waals surface area contributed by atoms with E-state index < -0.39 is 29.4 Å². The van der Waals surface area contributed by atoms with Crippen LogP contribution >= 0.6 is 0 Å². The van der Waals surface area contributed by atoms with Gasteiger partial charge in [0.2, 0.25) is 0 Å². The molecule has 2 atom stereocenters. The zero-order valence-electron chi connectivity index (χ0n) is 18.0. The predicted octanol–water partition coefficient (Wildman–Crippen LogP) is 2.09. The second kappa shape index (κ2) is 8.26. The van der Waals surface area contributed by atoms with Crippen molar-refractivity contribution in [3.63, 3.8) is 0 Å².